The second-order valence-electron chi connectivity index (χ2n) is 4.33. The van der Waals surface area contributed by atoms with Crippen molar-refractivity contribution in [2.45, 2.75) is 18.9 Å². The lowest BCUT2D eigenvalue weighted by Gasteiger charge is -2.27. The summed E-state index contributed by atoms with van der Waals surface area (Å²) < 4.78 is 5.28. The molecule has 0 amide bonds. The van der Waals surface area contributed by atoms with Crippen molar-refractivity contribution in [3.05, 3.63) is 39.9 Å². The van der Waals surface area contributed by atoms with Gasteiger partial charge in [0.1, 0.15) is 0 Å². The van der Waals surface area contributed by atoms with Crippen molar-refractivity contribution in [1.82, 2.24) is 0 Å². The lowest BCUT2D eigenvalue weighted by molar-refractivity contribution is -0.384. The van der Waals surface area contributed by atoms with Gasteiger partial charge in [-0.25, -0.2) is 0 Å². The Morgan fingerprint density at radius 3 is 2.76 bits per heavy atom. The molecule has 17 heavy (non-hydrogen) atoms. The van der Waals surface area contributed by atoms with Crippen LogP contribution in [-0.2, 0) is 4.74 Å². The first kappa shape index (κ1) is 12.0. The van der Waals surface area contributed by atoms with E-state index in [1.54, 1.807) is 12.1 Å². The summed E-state index contributed by atoms with van der Waals surface area (Å²) in [5, 5.41) is 10.7. The maximum Gasteiger partial charge on any atom is 0.269 e. The Bertz CT molecular complexity index is 402. The minimum atomic E-state index is -0.389. The number of benzene rings is 1. The number of hydrogen-bond acceptors (Lipinski definition) is 4. The zero-order valence-electron chi connectivity index (χ0n) is 9.54. The molecule has 0 radical (unpaired) electrons. The fourth-order valence-corrected chi connectivity index (χ4v) is 2.19. The van der Waals surface area contributed by atoms with Crippen molar-refractivity contribution in [2.75, 3.05) is 13.2 Å². The van der Waals surface area contributed by atoms with Gasteiger partial charge in [-0.05, 0) is 24.3 Å². The SMILES string of the molecule is N[C@@H](c1cccc([N+](=O)[O-])c1)C1CCOCC1. The molecule has 1 aliphatic rings. The molecule has 92 valence electrons. The van der Waals surface area contributed by atoms with E-state index in [-0.39, 0.29) is 16.7 Å². The first-order valence-electron chi connectivity index (χ1n) is 5.76. The van der Waals surface area contributed by atoms with Crippen molar-refractivity contribution < 1.29 is 9.66 Å². The van der Waals surface area contributed by atoms with Crippen LogP contribution in [0.5, 0.6) is 0 Å². The van der Waals surface area contributed by atoms with Crippen molar-refractivity contribution >= 4 is 5.69 Å². The number of nitrogens with two attached hydrogens (primary N) is 1. The molecule has 1 aromatic carbocycles. The molecule has 5 heteroatoms. The van der Waals surface area contributed by atoms with E-state index >= 15 is 0 Å². The fraction of sp³-hybridized carbons (Fsp3) is 0.500. The molecule has 0 spiro atoms. The average molecular weight is 236 g/mol. The maximum absolute atomic E-state index is 10.7. The predicted molar refractivity (Wildman–Crippen MR) is 63.6 cm³/mol. The highest BCUT2D eigenvalue weighted by molar-refractivity contribution is 5.35. The number of hydrogen-bond donors (Lipinski definition) is 1. The molecule has 1 heterocycles. The third kappa shape index (κ3) is 2.81. The van der Waals surface area contributed by atoms with Crippen molar-refractivity contribution in [2.24, 2.45) is 11.7 Å². The minimum Gasteiger partial charge on any atom is -0.381 e. The van der Waals surface area contributed by atoms with E-state index in [0.29, 0.717) is 5.92 Å². The Kier molecular flexibility index (Phi) is 3.71. The third-order valence-corrected chi connectivity index (χ3v) is 3.24. The Balaban J connectivity index is 2.14. The molecule has 0 unspecified atom stereocenters. The van der Waals surface area contributed by atoms with Crippen molar-refractivity contribution in [3.63, 3.8) is 0 Å². The number of non-ortho nitro benzene ring substituents is 1. The molecule has 5 nitrogen and oxygen atoms in total. The molecule has 0 aromatic heterocycles. The molecule has 0 aliphatic carbocycles. The highest BCUT2D eigenvalue weighted by Gasteiger charge is 2.23. The Labute approximate surface area is 99.7 Å². The lowest BCUT2D eigenvalue weighted by atomic mass is 9.88. The van der Waals surface area contributed by atoms with Crippen LogP contribution in [-0.4, -0.2) is 18.1 Å². The van der Waals surface area contributed by atoms with Crippen LogP contribution in [0.15, 0.2) is 24.3 Å². The second-order valence-corrected chi connectivity index (χ2v) is 4.33. The second kappa shape index (κ2) is 5.25. The molecule has 1 saturated heterocycles. The van der Waals surface area contributed by atoms with Crippen LogP contribution in [0.25, 0.3) is 0 Å². The normalized spacial score (nSPS) is 18.9. The number of nitro groups is 1. The molecule has 1 atom stereocenters. The first-order valence-corrected chi connectivity index (χ1v) is 5.76. The smallest absolute Gasteiger partial charge is 0.269 e. The first-order chi connectivity index (χ1) is 8.18. The maximum atomic E-state index is 10.7. The van der Waals surface area contributed by atoms with Gasteiger partial charge in [-0.1, -0.05) is 12.1 Å². The molecular formula is C12H16N2O3. The summed E-state index contributed by atoms with van der Waals surface area (Å²) in [6, 6.07) is 6.46. The number of rotatable bonds is 3. The number of nitro benzene ring substituents is 1. The van der Waals surface area contributed by atoms with E-state index in [4.69, 9.17) is 10.5 Å². The van der Waals surface area contributed by atoms with E-state index in [9.17, 15) is 10.1 Å². The summed E-state index contributed by atoms with van der Waals surface area (Å²) >= 11 is 0. The van der Waals surface area contributed by atoms with Gasteiger partial charge in [-0.2, -0.15) is 0 Å². The van der Waals surface area contributed by atoms with E-state index in [2.05, 4.69) is 0 Å². The molecule has 1 fully saturated rings. The Morgan fingerprint density at radius 2 is 2.12 bits per heavy atom. The van der Waals surface area contributed by atoms with E-state index in [1.165, 1.54) is 6.07 Å². The molecule has 1 aliphatic heterocycles. The standard InChI is InChI=1S/C12H16N2O3/c13-12(9-4-6-17-7-5-9)10-2-1-3-11(8-10)14(15)16/h1-3,8-9,12H,4-7,13H2/t12-/m1/s1. The van der Waals surface area contributed by atoms with E-state index in [0.717, 1.165) is 31.6 Å². The van der Waals surface area contributed by atoms with E-state index < -0.39 is 0 Å². The highest BCUT2D eigenvalue weighted by Crippen LogP contribution is 2.29. The molecule has 0 saturated carbocycles. The predicted octanol–water partition coefficient (Wildman–Crippen LogP) is 2.02. The van der Waals surface area contributed by atoms with Crippen molar-refractivity contribution in [1.29, 1.82) is 0 Å². The molecule has 0 bridgehead atoms. The monoisotopic (exact) mass is 236 g/mol. The van der Waals surface area contributed by atoms with Gasteiger partial charge >= 0.3 is 0 Å². The zero-order chi connectivity index (χ0) is 12.3. The van der Waals surface area contributed by atoms with Gasteiger partial charge in [0.25, 0.3) is 5.69 Å². The molecular weight excluding hydrogens is 220 g/mol. The third-order valence-electron chi connectivity index (χ3n) is 3.24. The Morgan fingerprint density at radius 1 is 1.41 bits per heavy atom. The summed E-state index contributed by atoms with van der Waals surface area (Å²) in [6.45, 7) is 1.46. The number of ether oxygens (including phenoxy) is 1. The van der Waals surface area contributed by atoms with Crippen LogP contribution in [0.1, 0.15) is 24.4 Å². The van der Waals surface area contributed by atoms with Gasteiger partial charge in [0, 0.05) is 31.4 Å². The summed E-state index contributed by atoms with van der Waals surface area (Å²) in [7, 11) is 0. The lowest BCUT2D eigenvalue weighted by Crippen LogP contribution is -2.27. The van der Waals surface area contributed by atoms with Crippen LogP contribution in [0, 0.1) is 16.0 Å². The zero-order valence-corrected chi connectivity index (χ0v) is 9.54. The average Bonchev–Trinajstić information content (AvgIpc) is 2.39. The van der Waals surface area contributed by atoms with Gasteiger partial charge in [0.05, 0.1) is 4.92 Å². The van der Waals surface area contributed by atoms with Gasteiger partial charge < -0.3 is 10.5 Å². The van der Waals surface area contributed by atoms with Gasteiger partial charge in [0.15, 0.2) is 0 Å². The topological polar surface area (TPSA) is 78.4 Å². The van der Waals surface area contributed by atoms with Gasteiger partial charge in [-0.15, -0.1) is 0 Å². The molecule has 1 aromatic rings. The highest BCUT2D eigenvalue weighted by atomic mass is 16.6. The summed E-state index contributed by atoms with van der Waals surface area (Å²) in [5.41, 5.74) is 7.10. The molecule has 2 N–H and O–H groups in total. The van der Waals surface area contributed by atoms with Crippen LogP contribution in [0.3, 0.4) is 0 Å². The van der Waals surface area contributed by atoms with Crippen LogP contribution >= 0.6 is 0 Å². The molecule has 2 rings (SSSR count). The fourth-order valence-electron chi connectivity index (χ4n) is 2.19. The summed E-state index contributed by atoms with van der Waals surface area (Å²) in [4.78, 5) is 10.3. The van der Waals surface area contributed by atoms with Gasteiger partial charge in [0.2, 0.25) is 0 Å². The summed E-state index contributed by atoms with van der Waals surface area (Å²) in [6.07, 6.45) is 1.84. The van der Waals surface area contributed by atoms with Crippen LogP contribution in [0.2, 0.25) is 0 Å². The van der Waals surface area contributed by atoms with Gasteiger partial charge in [-0.3, -0.25) is 10.1 Å². The summed E-state index contributed by atoms with van der Waals surface area (Å²) in [5.74, 6) is 0.353. The van der Waals surface area contributed by atoms with Crippen LogP contribution < -0.4 is 5.73 Å². The van der Waals surface area contributed by atoms with Crippen molar-refractivity contribution in [3.8, 4) is 0 Å². The minimum absolute atomic E-state index is 0.102. The number of nitrogens with zero attached hydrogens (tertiary/aromatic N) is 1. The largest absolute Gasteiger partial charge is 0.381 e. The van der Waals surface area contributed by atoms with Crippen LogP contribution in [0.4, 0.5) is 5.69 Å². The Hall–Kier alpha value is -1.46. The van der Waals surface area contributed by atoms with E-state index in [1.807, 2.05) is 6.07 Å². The quantitative estimate of drug-likeness (QED) is 0.643.